The first-order valence-corrected chi connectivity index (χ1v) is 9.76. The summed E-state index contributed by atoms with van der Waals surface area (Å²) in [5, 5.41) is 18.6. The van der Waals surface area contributed by atoms with Crippen molar-refractivity contribution in [3.05, 3.63) is 34.9 Å². The number of aliphatic carboxylic acids is 1. The lowest BCUT2D eigenvalue weighted by atomic mass is 9.91. The number of carbonyl (C=O) groups is 2. The van der Waals surface area contributed by atoms with Gasteiger partial charge in [0.05, 0.1) is 19.4 Å². The zero-order chi connectivity index (χ0) is 18.6. The van der Waals surface area contributed by atoms with Crippen LogP contribution < -0.4 is 0 Å². The van der Waals surface area contributed by atoms with E-state index >= 15 is 0 Å². The normalized spacial score (nSPS) is 17.2. The van der Waals surface area contributed by atoms with Crippen LogP contribution in [0, 0.1) is 0 Å². The molecular weight excluding hydrogens is 349 g/mol. The van der Waals surface area contributed by atoms with E-state index in [1.165, 1.54) is 0 Å². The van der Waals surface area contributed by atoms with Gasteiger partial charge in [-0.2, -0.15) is 0 Å². The molecule has 1 amide bonds. The van der Waals surface area contributed by atoms with Gasteiger partial charge in [-0.3, -0.25) is 9.46 Å². The van der Waals surface area contributed by atoms with E-state index in [4.69, 9.17) is 9.05 Å². The third-order valence-electron chi connectivity index (χ3n) is 3.94. The Morgan fingerprint density at radius 3 is 2.40 bits per heavy atom. The molecule has 0 bridgehead atoms. The van der Waals surface area contributed by atoms with Crippen LogP contribution in [0.3, 0.4) is 0 Å². The molecule has 0 aliphatic carbocycles. The van der Waals surface area contributed by atoms with Gasteiger partial charge < -0.3 is 19.3 Å². The molecule has 0 spiro atoms. The van der Waals surface area contributed by atoms with E-state index < -0.39 is 25.7 Å². The minimum Gasteiger partial charge on any atom is -0.479 e. The molecule has 1 aromatic carbocycles. The van der Waals surface area contributed by atoms with Gasteiger partial charge in [-0.1, -0.05) is 18.2 Å². The van der Waals surface area contributed by atoms with Gasteiger partial charge in [0.25, 0.3) is 0 Å². The van der Waals surface area contributed by atoms with Crippen molar-refractivity contribution < 1.29 is 33.4 Å². The first-order valence-electron chi connectivity index (χ1n) is 8.03. The Bertz CT molecular complexity index is 696. The van der Waals surface area contributed by atoms with E-state index in [1.807, 2.05) is 0 Å². The van der Waals surface area contributed by atoms with Crippen LogP contribution in [0.1, 0.15) is 36.6 Å². The number of nitrogens with zero attached hydrogens (tertiary/aromatic N) is 1. The predicted octanol–water partition coefficient (Wildman–Crippen LogP) is 3.11. The van der Waals surface area contributed by atoms with E-state index in [-0.39, 0.29) is 25.9 Å². The van der Waals surface area contributed by atoms with Crippen molar-refractivity contribution in [2.24, 2.45) is 0 Å². The standard InChI is InChI=1S/C16H22NO7P/c1-3-23-25(22,24-4-2)10-11-5-6-13-12(9-11)7-8-17(16(20)21)14(13)15(18)19/h5-6,9,14H,3-4,7-8,10H2,1-2H3,(H,18,19)(H,20,21). The summed E-state index contributed by atoms with van der Waals surface area (Å²) in [6.45, 7) is 4.08. The van der Waals surface area contributed by atoms with Crippen LogP contribution >= 0.6 is 7.60 Å². The van der Waals surface area contributed by atoms with Crippen LogP contribution in [0.4, 0.5) is 4.79 Å². The summed E-state index contributed by atoms with van der Waals surface area (Å²) in [6, 6.07) is 3.75. The fraction of sp³-hybridized carbons (Fsp3) is 0.500. The average Bonchev–Trinajstić information content (AvgIpc) is 2.53. The Labute approximate surface area is 145 Å². The SMILES string of the molecule is CCOP(=O)(Cc1ccc2c(c1)CCN(C(=O)O)C2C(=O)O)OCC. The molecule has 9 heteroatoms. The lowest BCUT2D eigenvalue weighted by molar-refractivity contribution is -0.143. The fourth-order valence-electron chi connectivity index (χ4n) is 3.00. The molecule has 138 valence electrons. The van der Waals surface area contributed by atoms with Crippen LogP contribution in [-0.4, -0.2) is 46.9 Å². The number of amides is 1. The Morgan fingerprint density at radius 2 is 1.88 bits per heavy atom. The molecule has 1 aliphatic heterocycles. The van der Waals surface area contributed by atoms with Gasteiger partial charge in [0.2, 0.25) is 0 Å². The first kappa shape index (κ1) is 19.4. The second kappa shape index (κ2) is 7.99. The second-order valence-electron chi connectivity index (χ2n) is 5.60. The maximum atomic E-state index is 12.6. The molecule has 8 nitrogen and oxygen atoms in total. The monoisotopic (exact) mass is 371 g/mol. The number of carboxylic acid groups (broad SMARTS) is 2. The van der Waals surface area contributed by atoms with E-state index in [0.29, 0.717) is 17.5 Å². The molecule has 25 heavy (non-hydrogen) atoms. The van der Waals surface area contributed by atoms with Gasteiger partial charge in [-0.05, 0) is 37.0 Å². The van der Waals surface area contributed by atoms with Crippen LogP contribution in [0.5, 0.6) is 0 Å². The minimum absolute atomic E-state index is 0.0857. The fourth-order valence-corrected chi connectivity index (χ4v) is 4.68. The molecular formula is C16H22NO7P. The topological polar surface area (TPSA) is 113 Å². The molecule has 2 N–H and O–H groups in total. The van der Waals surface area contributed by atoms with Gasteiger partial charge in [0.1, 0.15) is 0 Å². The Kier molecular flexibility index (Phi) is 6.21. The predicted molar refractivity (Wildman–Crippen MR) is 89.8 cm³/mol. The highest BCUT2D eigenvalue weighted by atomic mass is 31.2. The number of benzene rings is 1. The summed E-state index contributed by atoms with van der Waals surface area (Å²) in [6.07, 6.45) is -0.783. The molecule has 1 unspecified atom stereocenters. The number of rotatable bonds is 7. The second-order valence-corrected chi connectivity index (χ2v) is 7.66. The summed E-state index contributed by atoms with van der Waals surface area (Å²) >= 11 is 0. The van der Waals surface area contributed by atoms with Crippen molar-refractivity contribution >= 4 is 19.7 Å². The molecule has 1 aromatic rings. The van der Waals surface area contributed by atoms with E-state index in [1.54, 1.807) is 32.0 Å². The van der Waals surface area contributed by atoms with Crippen LogP contribution in [0.2, 0.25) is 0 Å². The highest BCUT2D eigenvalue weighted by Crippen LogP contribution is 2.51. The quantitative estimate of drug-likeness (QED) is 0.708. The highest BCUT2D eigenvalue weighted by molar-refractivity contribution is 7.53. The van der Waals surface area contributed by atoms with Gasteiger partial charge in [0, 0.05) is 6.54 Å². The molecule has 1 heterocycles. The summed E-state index contributed by atoms with van der Waals surface area (Å²) in [7, 11) is -3.26. The third kappa shape index (κ3) is 4.39. The average molecular weight is 371 g/mol. The summed E-state index contributed by atoms with van der Waals surface area (Å²) in [4.78, 5) is 23.7. The van der Waals surface area contributed by atoms with Crippen LogP contribution in [0.25, 0.3) is 0 Å². The van der Waals surface area contributed by atoms with Crippen molar-refractivity contribution in [2.45, 2.75) is 32.5 Å². The molecule has 0 saturated carbocycles. The maximum absolute atomic E-state index is 12.6. The number of carboxylic acids is 1. The Hall–Kier alpha value is -1.89. The number of fused-ring (bicyclic) bond motifs is 1. The van der Waals surface area contributed by atoms with Crippen molar-refractivity contribution in [2.75, 3.05) is 19.8 Å². The lowest BCUT2D eigenvalue weighted by Gasteiger charge is -2.33. The lowest BCUT2D eigenvalue weighted by Crippen LogP contribution is -2.42. The number of hydrogen-bond acceptors (Lipinski definition) is 5. The Morgan fingerprint density at radius 1 is 1.24 bits per heavy atom. The smallest absolute Gasteiger partial charge is 0.408 e. The molecule has 1 aliphatic rings. The molecule has 1 atom stereocenters. The van der Waals surface area contributed by atoms with Crippen LogP contribution in [-0.2, 0) is 31.0 Å². The zero-order valence-electron chi connectivity index (χ0n) is 14.2. The molecule has 0 aromatic heterocycles. The number of hydrogen-bond donors (Lipinski definition) is 2. The molecule has 0 fully saturated rings. The zero-order valence-corrected chi connectivity index (χ0v) is 15.1. The van der Waals surface area contributed by atoms with E-state index in [0.717, 1.165) is 10.5 Å². The van der Waals surface area contributed by atoms with E-state index in [2.05, 4.69) is 0 Å². The van der Waals surface area contributed by atoms with Gasteiger partial charge in [-0.25, -0.2) is 9.59 Å². The van der Waals surface area contributed by atoms with E-state index in [9.17, 15) is 24.4 Å². The highest BCUT2D eigenvalue weighted by Gasteiger charge is 2.36. The van der Waals surface area contributed by atoms with Crippen molar-refractivity contribution in [1.82, 2.24) is 4.90 Å². The Balaban J connectivity index is 2.32. The van der Waals surface area contributed by atoms with Gasteiger partial charge in [-0.15, -0.1) is 0 Å². The largest absolute Gasteiger partial charge is 0.479 e. The van der Waals surface area contributed by atoms with Crippen molar-refractivity contribution in [3.8, 4) is 0 Å². The summed E-state index contributed by atoms with van der Waals surface area (Å²) < 4.78 is 23.2. The molecule has 0 saturated heterocycles. The minimum atomic E-state index is -3.26. The first-order chi connectivity index (χ1) is 11.8. The maximum Gasteiger partial charge on any atom is 0.408 e. The summed E-state index contributed by atoms with van der Waals surface area (Å²) in [5.74, 6) is -1.22. The van der Waals surface area contributed by atoms with Gasteiger partial charge in [0.15, 0.2) is 6.04 Å². The molecule has 2 rings (SSSR count). The van der Waals surface area contributed by atoms with Gasteiger partial charge >= 0.3 is 19.7 Å². The molecule has 0 radical (unpaired) electrons. The van der Waals surface area contributed by atoms with Crippen molar-refractivity contribution in [3.63, 3.8) is 0 Å². The van der Waals surface area contributed by atoms with Crippen LogP contribution in [0.15, 0.2) is 18.2 Å². The summed E-state index contributed by atoms with van der Waals surface area (Å²) in [5.41, 5.74) is 1.88. The van der Waals surface area contributed by atoms with Crippen molar-refractivity contribution in [1.29, 1.82) is 0 Å². The third-order valence-corrected chi connectivity index (χ3v) is 6.00.